The predicted molar refractivity (Wildman–Crippen MR) is 164 cm³/mol. The van der Waals surface area contributed by atoms with Crippen LogP contribution in [0.2, 0.25) is 0 Å². The molecule has 222 valence electrons. The van der Waals surface area contributed by atoms with E-state index >= 15 is 0 Å². The highest BCUT2D eigenvalue weighted by molar-refractivity contribution is 6.04. The lowest BCUT2D eigenvalue weighted by atomic mass is 9.99. The number of aryl methyl sites for hydroxylation is 3. The van der Waals surface area contributed by atoms with Gasteiger partial charge in [-0.1, -0.05) is 26.0 Å². The van der Waals surface area contributed by atoms with Gasteiger partial charge in [0.15, 0.2) is 5.56 Å². The van der Waals surface area contributed by atoms with Crippen molar-refractivity contribution in [3.63, 3.8) is 0 Å². The van der Waals surface area contributed by atoms with E-state index < -0.39 is 39.9 Å². The third-order valence-electron chi connectivity index (χ3n) is 7.83. The zero-order valence-corrected chi connectivity index (χ0v) is 24.4. The normalized spacial score (nSPS) is 11.4. The van der Waals surface area contributed by atoms with Gasteiger partial charge in [0.1, 0.15) is 11.3 Å². The zero-order chi connectivity index (χ0) is 31.3. The number of hydrogen-bond donors (Lipinski definition) is 3. The third kappa shape index (κ3) is 4.66. The second-order valence-electron chi connectivity index (χ2n) is 10.4. The molecule has 3 N–H and O–H groups in total. The number of H-pyrrole nitrogens is 2. The molecule has 0 aliphatic rings. The van der Waals surface area contributed by atoms with Gasteiger partial charge in [0.2, 0.25) is 0 Å². The molecule has 2 aromatic carbocycles. The molecule has 0 unspecified atom stereocenters. The Morgan fingerprint density at radius 1 is 0.795 bits per heavy atom. The maximum absolute atomic E-state index is 13.1. The molecule has 44 heavy (non-hydrogen) atoms. The minimum absolute atomic E-state index is 0.253. The average Bonchev–Trinajstić information content (AvgIpc) is 3.57. The van der Waals surface area contributed by atoms with Gasteiger partial charge in [-0.15, -0.1) is 0 Å². The lowest BCUT2D eigenvalue weighted by Crippen LogP contribution is -2.27. The molecular weight excluding hydrogens is 564 g/mol. The first-order chi connectivity index (χ1) is 21.1. The Morgan fingerprint density at radius 3 is 1.93 bits per heavy atom. The Hall–Kier alpha value is -5.78. The van der Waals surface area contributed by atoms with Gasteiger partial charge in [-0.25, -0.2) is 9.59 Å². The molecular formula is C32H28N6O6. The summed E-state index contributed by atoms with van der Waals surface area (Å²) in [4.78, 5) is 57.7. The van der Waals surface area contributed by atoms with Crippen LogP contribution in [0.5, 0.6) is 5.75 Å². The van der Waals surface area contributed by atoms with Gasteiger partial charge in [-0.2, -0.15) is 10.2 Å². The maximum atomic E-state index is 13.1. The van der Waals surface area contributed by atoms with Crippen molar-refractivity contribution >= 4 is 33.7 Å². The number of aromatic amines is 2. The number of esters is 2. The number of nitrogens with zero attached hydrogens (tertiary/aromatic N) is 4. The number of fused-ring (bicyclic) bond motifs is 2. The Morgan fingerprint density at radius 2 is 1.36 bits per heavy atom. The molecule has 12 heteroatoms. The molecule has 0 saturated carbocycles. The number of carbonyl (C=O) groups excluding carboxylic acids is 2. The summed E-state index contributed by atoms with van der Waals surface area (Å²) in [5, 5.41) is 21.2. The standard InChI is InChI=1S/C32H28N6O6/c1-5-16-13-22(29(40)35-26(16)17-7-9-23-19(11-17)14-33-37(23)3)31(42)44-32(43)25-28(39)21(6-2)27(36-30(25)41)18-8-10-24-20(12-18)15-34-38(24)4/h7-15H,5-6H2,1-4H3,(H,35,40)(H2,36,39,41). The fraction of sp³-hybridized carbons (Fsp3) is 0.188. The summed E-state index contributed by atoms with van der Waals surface area (Å²) < 4.78 is 8.42. The van der Waals surface area contributed by atoms with Crippen LogP contribution in [0.3, 0.4) is 0 Å². The molecule has 0 atom stereocenters. The molecule has 0 radical (unpaired) electrons. The maximum Gasteiger partial charge on any atom is 0.355 e. The van der Waals surface area contributed by atoms with Crippen LogP contribution in [-0.2, 0) is 31.7 Å². The van der Waals surface area contributed by atoms with Crippen LogP contribution in [-0.4, -0.2) is 46.6 Å². The minimum Gasteiger partial charge on any atom is -0.506 e. The van der Waals surface area contributed by atoms with Crippen molar-refractivity contribution in [1.82, 2.24) is 29.5 Å². The second kappa shape index (κ2) is 10.8. The summed E-state index contributed by atoms with van der Waals surface area (Å²) in [6, 6.07) is 12.4. The highest BCUT2D eigenvalue weighted by Gasteiger charge is 2.27. The van der Waals surface area contributed by atoms with Gasteiger partial charge < -0.3 is 19.8 Å². The Bertz CT molecular complexity index is 2250. The molecule has 4 heterocycles. The molecule has 12 nitrogen and oxygen atoms in total. The number of rotatable bonds is 6. The number of aromatic hydroxyl groups is 1. The van der Waals surface area contributed by atoms with Gasteiger partial charge in [0, 0.05) is 30.4 Å². The summed E-state index contributed by atoms with van der Waals surface area (Å²) in [6.45, 7) is 3.61. The summed E-state index contributed by atoms with van der Waals surface area (Å²) >= 11 is 0. The molecule has 6 rings (SSSR count). The third-order valence-corrected chi connectivity index (χ3v) is 7.83. The molecule has 0 fully saturated rings. The van der Waals surface area contributed by atoms with Gasteiger partial charge in [-0.05, 0) is 59.9 Å². The van der Waals surface area contributed by atoms with Crippen molar-refractivity contribution in [2.45, 2.75) is 26.7 Å². The van der Waals surface area contributed by atoms with E-state index in [4.69, 9.17) is 4.74 Å². The predicted octanol–water partition coefficient (Wildman–Crippen LogP) is 4.00. The Balaban J connectivity index is 1.32. The molecule has 0 saturated heterocycles. The van der Waals surface area contributed by atoms with Crippen LogP contribution in [0.1, 0.15) is 45.7 Å². The lowest BCUT2D eigenvalue weighted by molar-refractivity contribution is 0.0393. The highest BCUT2D eigenvalue weighted by Crippen LogP contribution is 2.32. The van der Waals surface area contributed by atoms with E-state index in [0.29, 0.717) is 28.9 Å². The topological polar surface area (TPSA) is 165 Å². The number of hydrogen-bond acceptors (Lipinski definition) is 8. The van der Waals surface area contributed by atoms with Crippen LogP contribution in [0, 0.1) is 0 Å². The summed E-state index contributed by atoms with van der Waals surface area (Å²) in [5.74, 6) is -3.22. The van der Waals surface area contributed by atoms with E-state index in [9.17, 15) is 24.3 Å². The first kappa shape index (κ1) is 28.3. The van der Waals surface area contributed by atoms with E-state index in [2.05, 4.69) is 20.2 Å². The van der Waals surface area contributed by atoms with Gasteiger partial charge in [0.25, 0.3) is 11.1 Å². The molecule has 0 bridgehead atoms. The van der Waals surface area contributed by atoms with E-state index in [1.807, 2.05) is 51.4 Å². The van der Waals surface area contributed by atoms with Crippen LogP contribution in [0.4, 0.5) is 0 Å². The van der Waals surface area contributed by atoms with Crippen molar-refractivity contribution in [2.75, 3.05) is 0 Å². The second-order valence-corrected chi connectivity index (χ2v) is 10.4. The summed E-state index contributed by atoms with van der Waals surface area (Å²) in [7, 11) is 3.64. The molecule has 0 aliphatic heterocycles. The lowest BCUT2D eigenvalue weighted by Gasteiger charge is -2.13. The SMILES string of the molecule is CCc1cc(C(=O)OC(=O)c2c(O)c(CC)c(-c3ccc4c(cnn4C)c3)[nH]c2=O)c(=O)[nH]c1-c1ccc2c(cnn2C)c1. The van der Waals surface area contributed by atoms with E-state index in [-0.39, 0.29) is 12.0 Å². The molecule has 0 aliphatic carbocycles. The van der Waals surface area contributed by atoms with E-state index in [1.165, 1.54) is 6.07 Å². The molecule has 6 aromatic rings. The first-order valence-corrected chi connectivity index (χ1v) is 14.0. The minimum atomic E-state index is -1.37. The number of aromatic nitrogens is 6. The summed E-state index contributed by atoms with van der Waals surface area (Å²) in [5.41, 5.74) is 2.04. The monoisotopic (exact) mass is 592 g/mol. The van der Waals surface area contributed by atoms with Crippen LogP contribution in [0.25, 0.3) is 44.3 Å². The Kier molecular flexibility index (Phi) is 6.96. The number of pyridine rings is 2. The molecule has 0 amide bonds. The van der Waals surface area contributed by atoms with Crippen LogP contribution >= 0.6 is 0 Å². The van der Waals surface area contributed by atoms with Crippen LogP contribution in [0.15, 0.2) is 64.4 Å². The highest BCUT2D eigenvalue weighted by atomic mass is 16.6. The smallest absolute Gasteiger partial charge is 0.355 e. The number of nitrogens with one attached hydrogen (secondary N) is 2. The number of benzene rings is 2. The van der Waals surface area contributed by atoms with Crippen molar-refractivity contribution in [3.05, 3.63) is 97.8 Å². The van der Waals surface area contributed by atoms with Crippen LogP contribution < -0.4 is 11.1 Å². The van der Waals surface area contributed by atoms with Crippen molar-refractivity contribution in [2.24, 2.45) is 14.1 Å². The van der Waals surface area contributed by atoms with E-state index in [1.54, 1.807) is 34.7 Å². The van der Waals surface area contributed by atoms with E-state index in [0.717, 1.165) is 27.4 Å². The summed E-state index contributed by atoms with van der Waals surface area (Å²) in [6.07, 6.45) is 4.10. The van der Waals surface area contributed by atoms with Crippen molar-refractivity contribution in [3.8, 4) is 28.3 Å². The Labute approximate surface area is 249 Å². The quantitative estimate of drug-likeness (QED) is 0.193. The largest absolute Gasteiger partial charge is 0.506 e. The fourth-order valence-electron chi connectivity index (χ4n) is 5.50. The van der Waals surface area contributed by atoms with Gasteiger partial charge in [-0.3, -0.25) is 19.0 Å². The van der Waals surface area contributed by atoms with Crippen molar-refractivity contribution in [1.29, 1.82) is 0 Å². The molecule has 0 spiro atoms. The van der Waals surface area contributed by atoms with Gasteiger partial charge in [0.05, 0.1) is 34.8 Å². The first-order valence-electron chi connectivity index (χ1n) is 14.0. The average molecular weight is 593 g/mol. The zero-order valence-electron chi connectivity index (χ0n) is 24.4. The fourth-order valence-corrected chi connectivity index (χ4v) is 5.50. The number of carbonyl (C=O) groups is 2. The molecule has 4 aromatic heterocycles. The number of ether oxygens (including phenoxy) is 1. The van der Waals surface area contributed by atoms with Crippen molar-refractivity contribution < 1.29 is 19.4 Å². The van der Waals surface area contributed by atoms with Gasteiger partial charge >= 0.3 is 11.9 Å².